The summed E-state index contributed by atoms with van der Waals surface area (Å²) < 4.78 is 0. The van der Waals surface area contributed by atoms with E-state index in [0.29, 0.717) is 24.0 Å². The molecule has 0 aliphatic heterocycles. The van der Waals surface area contributed by atoms with Crippen LogP contribution in [0.15, 0.2) is 61.2 Å². The highest BCUT2D eigenvalue weighted by molar-refractivity contribution is 6.03. The molecule has 0 bridgehead atoms. The van der Waals surface area contributed by atoms with Crippen LogP contribution in [-0.4, -0.2) is 20.9 Å². The average Bonchev–Trinajstić information content (AvgIpc) is 2.67. The lowest BCUT2D eigenvalue weighted by Crippen LogP contribution is -2.16. The van der Waals surface area contributed by atoms with Crippen LogP contribution >= 0.6 is 0 Å². The van der Waals surface area contributed by atoms with Gasteiger partial charge in [0, 0.05) is 30.7 Å². The minimum Gasteiger partial charge on any atom is -0.366 e. The largest absolute Gasteiger partial charge is 0.366 e. The maximum absolute atomic E-state index is 12.6. The van der Waals surface area contributed by atoms with Crippen LogP contribution in [0.4, 0.5) is 11.5 Å². The SMILES string of the molecule is CC(C)c1ccccc1NC(=O)c1cc(NCc2ccncc2)ncn1. The molecule has 132 valence electrons. The van der Waals surface area contributed by atoms with Gasteiger partial charge in [0.15, 0.2) is 0 Å². The first-order chi connectivity index (χ1) is 12.6. The number of carbonyl (C=O) groups is 1. The molecule has 0 fully saturated rings. The first-order valence-electron chi connectivity index (χ1n) is 8.48. The zero-order chi connectivity index (χ0) is 18.4. The van der Waals surface area contributed by atoms with Gasteiger partial charge in [-0.25, -0.2) is 9.97 Å². The van der Waals surface area contributed by atoms with Gasteiger partial charge < -0.3 is 10.6 Å². The van der Waals surface area contributed by atoms with Crippen molar-refractivity contribution >= 4 is 17.4 Å². The number of nitrogens with one attached hydrogen (secondary N) is 2. The number of amides is 1. The van der Waals surface area contributed by atoms with Crippen molar-refractivity contribution in [3.63, 3.8) is 0 Å². The average molecular weight is 347 g/mol. The van der Waals surface area contributed by atoms with Crippen molar-refractivity contribution in [3.05, 3.63) is 78.0 Å². The number of carbonyl (C=O) groups excluding carboxylic acids is 1. The Hall–Kier alpha value is -3.28. The van der Waals surface area contributed by atoms with Crippen LogP contribution in [0.2, 0.25) is 0 Å². The van der Waals surface area contributed by atoms with Gasteiger partial charge in [-0.15, -0.1) is 0 Å². The predicted molar refractivity (Wildman–Crippen MR) is 102 cm³/mol. The zero-order valence-corrected chi connectivity index (χ0v) is 14.8. The number of pyridine rings is 1. The van der Waals surface area contributed by atoms with Gasteiger partial charge in [-0.05, 0) is 35.2 Å². The Morgan fingerprint density at radius 2 is 1.85 bits per heavy atom. The van der Waals surface area contributed by atoms with E-state index >= 15 is 0 Å². The molecule has 2 N–H and O–H groups in total. The molecular formula is C20H21N5O. The molecule has 0 aliphatic rings. The van der Waals surface area contributed by atoms with Gasteiger partial charge in [0.25, 0.3) is 5.91 Å². The lowest BCUT2D eigenvalue weighted by Gasteiger charge is -2.13. The molecule has 2 aromatic heterocycles. The van der Waals surface area contributed by atoms with E-state index in [0.717, 1.165) is 16.8 Å². The minimum absolute atomic E-state index is 0.257. The Labute approximate surface area is 152 Å². The molecule has 0 atom stereocenters. The highest BCUT2D eigenvalue weighted by Gasteiger charge is 2.12. The molecule has 3 rings (SSSR count). The maximum atomic E-state index is 12.6. The molecule has 6 heteroatoms. The molecule has 26 heavy (non-hydrogen) atoms. The van der Waals surface area contributed by atoms with Crippen molar-refractivity contribution < 1.29 is 4.79 Å². The molecule has 0 saturated carbocycles. The lowest BCUT2D eigenvalue weighted by molar-refractivity contribution is 0.102. The summed E-state index contributed by atoms with van der Waals surface area (Å²) in [6, 6.07) is 13.3. The van der Waals surface area contributed by atoms with E-state index in [4.69, 9.17) is 0 Å². The summed E-state index contributed by atoms with van der Waals surface area (Å²) >= 11 is 0. The van der Waals surface area contributed by atoms with Crippen molar-refractivity contribution in [2.45, 2.75) is 26.3 Å². The molecule has 0 unspecified atom stereocenters. The van der Waals surface area contributed by atoms with Crippen LogP contribution in [0.25, 0.3) is 0 Å². The fourth-order valence-corrected chi connectivity index (χ4v) is 2.57. The minimum atomic E-state index is -0.257. The fraction of sp³-hybridized carbons (Fsp3) is 0.200. The first kappa shape index (κ1) is 17.5. The Bertz CT molecular complexity index is 880. The fourth-order valence-electron chi connectivity index (χ4n) is 2.57. The molecule has 3 aromatic rings. The quantitative estimate of drug-likeness (QED) is 0.708. The van der Waals surface area contributed by atoms with Gasteiger partial charge >= 0.3 is 0 Å². The third-order valence-electron chi connectivity index (χ3n) is 3.95. The molecule has 2 heterocycles. The van der Waals surface area contributed by atoms with E-state index in [2.05, 4.69) is 39.4 Å². The molecule has 0 spiro atoms. The number of benzene rings is 1. The molecule has 1 aromatic carbocycles. The lowest BCUT2D eigenvalue weighted by atomic mass is 10.0. The van der Waals surface area contributed by atoms with Gasteiger partial charge in [-0.1, -0.05) is 32.0 Å². The Morgan fingerprint density at radius 3 is 2.62 bits per heavy atom. The summed E-state index contributed by atoms with van der Waals surface area (Å²) in [6.07, 6.45) is 4.86. The van der Waals surface area contributed by atoms with Crippen LogP contribution in [0, 0.1) is 0 Å². The van der Waals surface area contributed by atoms with Crippen LogP contribution in [-0.2, 0) is 6.54 Å². The maximum Gasteiger partial charge on any atom is 0.274 e. The van der Waals surface area contributed by atoms with E-state index in [-0.39, 0.29) is 5.91 Å². The van der Waals surface area contributed by atoms with Crippen molar-refractivity contribution in [1.29, 1.82) is 0 Å². The highest BCUT2D eigenvalue weighted by Crippen LogP contribution is 2.24. The monoisotopic (exact) mass is 347 g/mol. The number of rotatable bonds is 6. The number of anilines is 2. The highest BCUT2D eigenvalue weighted by atomic mass is 16.1. The third-order valence-corrected chi connectivity index (χ3v) is 3.95. The van der Waals surface area contributed by atoms with Gasteiger partial charge in [-0.3, -0.25) is 9.78 Å². The van der Waals surface area contributed by atoms with E-state index in [1.165, 1.54) is 6.33 Å². The predicted octanol–water partition coefficient (Wildman–Crippen LogP) is 3.86. The molecule has 0 radical (unpaired) electrons. The van der Waals surface area contributed by atoms with Crippen molar-refractivity contribution in [2.75, 3.05) is 10.6 Å². The van der Waals surface area contributed by atoms with Gasteiger partial charge in [-0.2, -0.15) is 0 Å². The van der Waals surface area contributed by atoms with Crippen LogP contribution in [0.3, 0.4) is 0 Å². The van der Waals surface area contributed by atoms with Gasteiger partial charge in [0.1, 0.15) is 17.8 Å². The van der Waals surface area contributed by atoms with E-state index in [9.17, 15) is 4.79 Å². The summed E-state index contributed by atoms with van der Waals surface area (Å²) in [6.45, 7) is 4.78. The number of aromatic nitrogens is 3. The summed E-state index contributed by atoms with van der Waals surface area (Å²) in [5.74, 6) is 0.654. The smallest absolute Gasteiger partial charge is 0.274 e. The van der Waals surface area contributed by atoms with Crippen LogP contribution < -0.4 is 10.6 Å². The molecular weight excluding hydrogens is 326 g/mol. The number of nitrogens with zero attached hydrogens (tertiary/aromatic N) is 3. The van der Waals surface area contributed by atoms with Crippen molar-refractivity contribution in [2.24, 2.45) is 0 Å². The standard InChI is InChI=1S/C20H21N5O/c1-14(2)16-5-3-4-6-17(16)25-20(26)18-11-19(24-13-23-18)22-12-15-7-9-21-10-8-15/h3-11,13-14H,12H2,1-2H3,(H,25,26)(H,22,23,24). The summed E-state index contributed by atoms with van der Waals surface area (Å²) in [5, 5.41) is 6.13. The normalized spacial score (nSPS) is 10.6. The summed E-state index contributed by atoms with van der Waals surface area (Å²) in [5.41, 5.74) is 3.29. The second kappa shape index (κ2) is 8.20. The summed E-state index contributed by atoms with van der Waals surface area (Å²) in [7, 11) is 0. The van der Waals surface area contributed by atoms with Crippen molar-refractivity contribution in [3.8, 4) is 0 Å². The first-order valence-corrected chi connectivity index (χ1v) is 8.48. The van der Waals surface area contributed by atoms with Crippen LogP contribution in [0.5, 0.6) is 0 Å². The number of hydrogen-bond acceptors (Lipinski definition) is 5. The Morgan fingerprint density at radius 1 is 1.08 bits per heavy atom. The topological polar surface area (TPSA) is 79.8 Å². The van der Waals surface area contributed by atoms with E-state index in [1.807, 2.05) is 36.4 Å². The van der Waals surface area contributed by atoms with E-state index < -0.39 is 0 Å². The number of hydrogen-bond donors (Lipinski definition) is 2. The second-order valence-electron chi connectivity index (χ2n) is 6.19. The third kappa shape index (κ3) is 4.42. The summed E-state index contributed by atoms with van der Waals surface area (Å²) in [4.78, 5) is 24.8. The Balaban J connectivity index is 1.70. The zero-order valence-electron chi connectivity index (χ0n) is 14.8. The van der Waals surface area contributed by atoms with Gasteiger partial charge in [0.2, 0.25) is 0 Å². The molecule has 1 amide bonds. The van der Waals surface area contributed by atoms with E-state index in [1.54, 1.807) is 18.5 Å². The second-order valence-corrected chi connectivity index (χ2v) is 6.19. The molecule has 0 aliphatic carbocycles. The van der Waals surface area contributed by atoms with Gasteiger partial charge in [0.05, 0.1) is 0 Å². The molecule has 0 saturated heterocycles. The molecule has 6 nitrogen and oxygen atoms in total. The number of para-hydroxylation sites is 1. The van der Waals surface area contributed by atoms with Crippen LogP contribution in [0.1, 0.15) is 41.4 Å². The van der Waals surface area contributed by atoms with Crippen molar-refractivity contribution in [1.82, 2.24) is 15.0 Å². The Kier molecular flexibility index (Phi) is 5.53.